The first-order valence-electron chi connectivity index (χ1n) is 6.57. The third-order valence-corrected chi connectivity index (χ3v) is 3.78. The maximum atomic E-state index is 6.10. The largest absolute Gasteiger partial charge is 0.375 e. The van der Waals surface area contributed by atoms with Gasteiger partial charge in [-0.3, -0.25) is 0 Å². The second kappa shape index (κ2) is 4.63. The van der Waals surface area contributed by atoms with Crippen molar-refractivity contribution in [3.63, 3.8) is 0 Å². The predicted octanol–water partition coefficient (Wildman–Crippen LogP) is 2.10. The number of nitrogens with one attached hydrogen (secondary N) is 1. The van der Waals surface area contributed by atoms with Gasteiger partial charge in [0.1, 0.15) is 0 Å². The minimum atomic E-state index is -0.0215. The summed E-state index contributed by atoms with van der Waals surface area (Å²) in [5.41, 5.74) is 0.0548. The van der Waals surface area contributed by atoms with Crippen molar-refractivity contribution in [3.05, 3.63) is 0 Å². The Balaban J connectivity index is 2.00. The van der Waals surface area contributed by atoms with Crippen LogP contribution in [0.2, 0.25) is 0 Å². The van der Waals surface area contributed by atoms with Crippen molar-refractivity contribution >= 4 is 0 Å². The fourth-order valence-corrected chi connectivity index (χ4v) is 3.22. The van der Waals surface area contributed by atoms with Crippen LogP contribution in [0.25, 0.3) is 0 Å². The molecule has 2 saturated heterocycles. The molecule has 0 aromatic carbocycles. The van der Waals surface area contributed by atoms with E-state index in [1.807, 2.05) is 0 Å². The first kappa shape index (κ1) is 12.3. The second-order valence-corrected chi connectivity index (χ2v) is 5.81. The molecule has 2 aliphatic heterocycles. The van der Waals surface area contributed by atoms with E-state index in [4.69, 9.17) is 9.47 Å². The lowest BCUT2D eigenvalue weighted by Gasteiger charge is -2.48. The molecule has 2 aliphatic rings. The predicted molar refractivity (Wildman–Crippen MR) is 64.6 cm³/mol. The van der Waals surface area contributed by atoms with Crippen LogP contribution in [0.1, 0.15) is 46.5 Å². The Kier molecular flexibility index (Phi) is 3.57. The molecule has 2 rings (SSSR count). The van der Waals surface area contributed by atoms with E-state index in [1.54, 1.807) is 0 Å². The van der Waals surface area contributed by atoms with Crippen LogP contribution in [0.3, 0.4) is 0 Å². The number of hydrogen-bond acceptors (Lipinski definition) is 3. The number of hydrogen-bond donors (Lipinski definition) is 1. The standard InChI is InChI=1S/C13H25NO2/c1-4-14-11-5-7-16-13(9-11)6-8-15-12(2,3)10-13/h11,14H,4-10H2,1-3H3. The zero-order chi connectivity index (χ0) is 11.6. The van der Waals surface area contributed by atoms with Gasteiger partial charge in [-0.25, -0.2) is 0 Å². The van der Waals surface area contributed by atoms with Gasteiger partial charge >= 0.3 is 0 Å². The lowest BCUT2D eigenvalue weighted by Crippen LogP contribution is -2.54. The van der Waals surface area contributed by atoms with Crippen LogP contribution in [-0.4, -0.2) is 37.0 Å². The molecular formula is C13H25NO2. The van der Waals surface area contributed by atoms with Gasteiger partial charge in [0, 0.05) is 19.1 Å². The molecule has 0 amide bonds. The van der Waals surface area contributed by atoms with Crippen molar-refractivity contribution in [3.8, 4) is 0 Å². The monoisotopic (exact) mass is 227 g/mol. The summed E-state index contributed by atoms with van der Waals surface area (Å²) in [6.45, 7) is 9.32. The zero-order valence-electron chi connectivity index (χ0n) is 10.8. The highest BCUT2D eigenvalue weighted by Gasteiger charge is 2.44. The Morgan fingerprint density at radius 1 is 1.25 bits per heavy atom. The molecule has 2 heterocycles. The van der Waals surface area contributed by atoms with Crippen LogP contribution in [0.15, 0.2) is 0 Å². The Morgan fingerprint density at radius 2 is 2.06 bits per heavy atom. The lowest BCUT2D eigenvalue weighted by atomic mass is 9.78. The van der Waals surface area contributed by atoms with Crippen LogP contribution < -0.4 is 5.32 Å². The fraction of sp³-hybridized carbons (Fsp3) is 1.00. The third-order valence-electron chi connectivity index (χ3n) is 3.78. The van der Waals surface area contributed by atoms with E-state index in [9.17, 15) is 0 Å². The Labute approximate surface area is 98.9 Å². The van der Waals surface area contributed by atoms with Crippen molar-refractivity contribution in [2.75, 3.05) is 19.8 Å². The third kappa shape index (κ3) is 2.76. The zero-order valence-corrected chi connectivity index (χ0v) is 10.8. The first-order chi connectivity index (χ1) is 7.55. The summed E-state index contributed by atoms with van der Waals surface area (Å²) in [7, 11) is 0. The summed E-state index contributed by atoms with van der Waals surface area (Å²) in [5.74, 6) is 0. The fourth-order valence-electron chi connectivity index (χ4n) is 3.22. The summed E-state index contributed by atoms with van der Waals surface area (Å²) in [5, 5.41) is 3.56. The summed E-state index contributed by atoms with van der Waals surface area (Å²) < 4.78 is 11.9. The van der Waals surface area contributed by atoms with Gasteiger partial charge in [-0.05, 0) is 39.7 Å². The van der Waals surface area contributed by atoms with E-state index in [1.165, 1.54) is 0 Å². The Bertz CT molecular complexity index is 236. The number of rotatable bonds is 2. The van der Waals surface area contributed by atoms with Crippen LogP contribution in [0.4, 0.5) is 0 Å². The van der Waals surface area contributed by atoms with Crippen LogP contribution in [-0.2, 0) is 9.47 Å². The van der Waals surface area contributed by atoms with Gasteiger partial charge in [0.25, 0.3) is 0 Å². The van der Waals surface area contributed by atoms with Crippen molar-refractivity contribution < 1.29 is 9.47 Å². The minimum absolute atomic E-state index is 0.0215. The molecule has 16 heavy (non-hydrogen) atoms. The summed E-state index contributed by atoms with van der Waals surface area (Å²) >= 11 is 0. The van der Waals surface area contributed by atoms with E-state index in [0.717, 1.165) is 45.4 Å². The smallest absolute Gasteiger partial charge is 0.0746 e. The highest BCUT2D eigenvalue weighted by atomic mass is 16.5. The lowest BCUT2D eigenvalue weighted by molar-refractivity contribution is -0.188. The highest BCUT2D eigenvalue weighted by molar-refractivity contribution is 4.96. The molecule has 3 nitrogen and oxygen atoms in total. The molecule has 0 aromatic rings. The molecule has 0 radical (unpaired) electrons. The average molecular weight is 227 g/mol. The Morgan fingerprint density at radius 3 is 2.75 bits per heavy atom. The van der Waals surface area contributed by atoms with Crippen molar-refractivity contribution in [1.29, 1.82) is 0 Å². The van der Waals surface area contributed by atoms with E-state index < -0.39 is 0 Å². The second-order valence-electron chi connectivity index (χ2n) is 5.81. The quantitative estimate of drug-likeness (QED) is 0.783. The van der Waals surface area contributed by atoms with E-state index in [0.29, 0.717) is 6.04 Å². The number of ether oxygens (including phenoxy) is 2. The van der Waals surface area contributed by atoms with Crippen molar-refractivity contribution in [2.45, 2.75) is 63.7 Å². The van der Waals surface area contributed by atoms with E-state index in [2.05, 4.69) is 26.1 Å². The van der Waals surface area contributed by atoms with E-state index >= 15 is 0 Å². The normalized spacial score (nSPS) is 38.8. The summed E-state index contributed by atoms with van der Waals surface area (Å²) in [6.07, 6.45) is 4.38. The topological polar surface area (TPSA) is 30.5 Å². The average Bonchev–Trinajstić information content (AvgIpc) is 2.16. The van der Waals surface area contributed by atoms with Crippen molar-refractivity contribution in [1.82, 2.24) is 5.32 Å². The van der Waals surface area contributed by atoms with Gasteiger partial charge < -0.3 is 14.8 Å². The molecule has 1 N–H and O–H groups in total. The Hall–Kier alpha value is -0.120. The maximum absolute atomic E-state index is 6.10. The van der Waals surface area contributed by atoms with Gasteiger partial charge in [-0.2, -0.15) is 0 Å². The van der Waals surface area contributed by atoms with Gasteiger partial charge in [-0.15, -0.1) is 0 Å². The molecule has 0 aliphatic carbocycles. The first-order valence-corrected chi connectivity index (χ1v) is 6.57. The van der Waals surface area contributed by atoms with Gasteiger partial charge in [-0.1, -0.05) is 6.92 Å². The molecule has 94 valence electrons. The maximum Gasteiger partial charge on any atom is 0.0746 e. The van der Waals surface area contributed by atoms with Gasteiger partial charge in [0.2, 0.25) is 0 Å². The summed E-state index contributed by atoms with van der Waals surface area (Å²) in [6, 6.07) is 0.632. The van der Waals surface area contributed by atoms with Crippen LogP contribution >= 0.6 is 0 Å². The van der Waals surface area contributed by atoms with Crippen molar-refractivity contribution in [2.24, 2.45) is 0 Å². The highest BCUT2D eigenvalue weighted by Crippen LogP contribution is 2.40. The molecule has 0 aromatic heterocycles. The molecule has 1 spiro atoms. The molecule has 2 unspecified atom stereocenters. The van der Waals surface area contributed by atoms with Gasteiger partial charge in [0.15, 0.2) is 0 Å². The molecule has 0 saturated carbocycles. The molecule has 0 bridgehead atoms. The molecule has 2 atom stereocenters. The van der Waals surface area contributed by atoms with Crippen LogP contribution in [0.5, 0.6) is 0 Å². The van der Waals surface area contributed by atoms with E-state index in [-0.39, 0.29) is 11.2 Å². The SMILES string of the molecule is CCNC1CCOC2(CCOC(C)(C)C2)C1. The summed E-state index contributed by atoms with van der Waals surface area (Å²) in [4.78, 5) is 0. The molecule has 2 fully saturated rings. The van der Waals surface area contributed by atoms with Gasteiger partial charge in [0.05, 0.1) is 17.8 Å². The van der Waals surface area contributed by atoms with Crippen LogP contribution in [0, 0.1) is 0 Å². The molecular weight excluding hydrogens is 202 g/mol. The molecule has 3 heteroatoms. The minimum Gasteiger partial charge on any atom is -0.375 e.